The summed E-state index contributed by atoms with van der Waals surface area (Å²) in [5.74, 6) is -0.139. The number of rotatable bonds is 4. The highest BCUT2D eigenvalue weighted by molar-refractivity contribution is 5.97. The van der Waals surface area contributed by atoms with Crippen LogP contribution in [0.2, 0.25) is 0 Å². The largest absolute Gasteiger partial charge is 0.457 e. The van der Waals surface area contributed by atoms with Gasteiger partial charge in [0.25, 0.3) is 0 Å². The minimum absolute atomic E-state index is 0.0136. The molecular formula is C16H10F3NO2. The van der Waals surface area contributed by atoms with Gasteiger partial charge in [0.1, 0.15) is 11.5 Å². The molecule has 0 heterocycles. The van der Waals surface area contributed by atoms with E-state index in [2.05, 4.69) is 0 Å². The molecule has 2 aromatic carbocycles. The molecule has 0 aliphatic rings. The Bertz CT molecular complexity index is 733. The van der Waals surface area contributed by atoms with E-state index in [1.165, 1.54) is 36.4 Å². The number of carbonyl (C=O) groups excluding carboxylic acids is 1. The second kappa shape index (κ2) is 6.31. The number of nitrogens with zero attached hydrogens (tertiary/aromatic N) is 1. The van der Waals surface area contributed by atoms with Gasteiger partial charge in [0.15, 0.2) is 5.78 Å². The van der Waals surface area contributed by atoms with Gasteiger partial charge in [-0.1, -0.05) is 18.2 Å². The summed E-state index contributed by atoms with van der Waals surface area (Å²) in [5.41, 5.74) is -0.548. The zero-order valence-electron chi connectivity index (χ0n) is 11.2. The minimum Gasteiger partial charge on any atom is -0.457 e. The summed E-state index contributed by atoms with van der Waals surface area (Å²) in [6.45, 7) is 0. The van der Waals surface area contributed by atoms with Gasteiger partial charge in [0.2, 0.25) is 0 Å². The van der Waals surface area contributed by atoms with E-state index in [4.69, 9.17) is 10.00 Å². The Balaban J connectivity index is 2.23. The number of halogens is 3. The average molecular weight is 305 g/mol. The first-order chi connectivity index (χ1) is 10.4. The maximum atomic E-state index is 12.6. The van der Waals surface area contributed by atoms with E-state index >= 15 is 0 Å². The lowest BCUT2D eigenvalue weighted by atomic mass is 10.1. The van der Waals surface area contributed by atoms with Crippen LogP contribution in [0.3, 0.4) is 0 Å². The van der Waals surface area contributed by atoms with E-state index in [9.17, 15) is 18.0 Å². The van der Waals surface area contributed by atoms with Gasteiger partial charge in [0.05, 0.1) is 18.1 Å². The Morgan fingerprint density at radius 2 is 1.73 bits per heavy atom. The van der Waals surface area contributed by atoms with Crippen molar-refractivity contribution < 1.29 is 22.7 Å². The van der Waals surface area contributed by atoms with E-state index in [0.717, 1.165) is 12.1 Å². The molecule has 0 aliphatic carbocycles. The van der Waals surface area contributed by atoms with Crippen molar-refractivity contribution >= 4 is 5.78 Å². The second-order valence-electron chi connectivity index (χ2n) is 4.41. The smallest absolute Gasteiger partial charge is 0.416 e. The molecule has 0 amide bonds. The van der Waals surface area contributed by atoms with Gasteiger partial charge in [-0.2, -0.15) is 18.4 Å². The number of hydrogen-bond donors (Lipinski definition) is 0. The Kier molecular flexibility index (Phi) is 4.47. The zero-order valence-corrected chi connectivity index (χ0v) is 11.2. The van der Waals surface area contributed by atoms with Crippen molar-refractivity contribution in [3.8, 4) is 17.6 Å². The summed E-state index contributed by atoms with van der Waals surface area (Å²) in [6.07, 6.45) is -4.73. The summed E-state index contributed by atoms with van der Waals surface area (Å²) >= 11 is 0. The third kappa shape index (κ3) is 3.85. The van der Waals surface area contributed by atoms with E-state index in [0.29, 0.717) is 0 Å². The molecule has 6 heteroatoms. The molecule has 0 aliphatic heterocycles. The van der Waals surface area contributed by atoms with E-state index in [1.54, 1.807) is 6.07 Å². The SMILES string of the molecule is N#CCC(=O)c1cccc(Oc2cccc(C(F)(F)F)c2)c1. The Labute approximate surface area is 124 Å². The van der Waals surface area contributed by atoms with Crippen molar-refractivity contribution in [2.24, 2.45) is 0 Å². The van der Waals surface area contributed by atoms with Crippen LogP contribution in [-0.2, 0) is 6.18 Å². The number of carbonyl (C=O) groups is 1. The zero-order chi connectivity index (χ0) is 16.2. The molecule has 0 spiro atoms. The Morgan fingerprint density at radius 3 is 2.36 bits per heavy atom. The van der Waals surface area contributed by atoms with Crippen LogP contribution in [0.25, 0.3) is 0 Å². The Hall–Kier alpha value is -2.81. The van der Waals surface area contributed by atoms with E-state index < -0.39 is 11.7 Å². The topological polar surface area (TPSA) is 50.1 Å². The molecular weight excluding hydrogens is 295 g/mol. The number of hydrogen-bond acceptors (Lipinski definition) is 3. The molecule has 0 N–H and O–H groups in total. The van der Waals surface area contributed by atoms with Gasteiger partial charge in [-0.3, -0.25) is 4.79 Å². The molecule has 2 rings (SSSR count). The number of benzene rings is 2. The van der Waals surface area contributed by atoms with Crippen molar-refractivity contribution in [3.63, 3.8) is 0 Å². The molecule has 22 heavy (non-hydrogen) atoms. The quantitative estimate of drug-likeness (QED) is 0.776. The predicted molar refractivity (Wildman–Crippen MR) is 72.5 cm³/mol. The fourth-order valence-electron chi connectivity index (χ4n) is 1.78. The number of ether oxygens (including phenoxy) is 1. The van der Waals surface area contributed by atoms with E-state index in [-0.39, 0.29) is 29.3 Å². The summed E-state index contributed by atoms with van der Waals surface area (Å²) < 4.78 is 43.2. The van der Waals surface area contributed by atoms with Crippen molar-refractivity contribution in [2.45, 2.75) is 12.6 Å². The van der Waals surface area contributed by atoms with Crippen LogP contribution in [0.5, 0.6) is 11.5 Å². The molecule has 0 bridgehead atoms. The fraction of sp³-hybridized carbons (Fsp3) is 0.125. The van der Waals surface area contributed by atoms with Gasteiger partial charge in [0, 0.05) is 5.56 Å². The lowest BCUT2D eigenvalue weighted by molar-refractivity contribution is -0.137. The number of Topliss-reactive ketones (excluding diaryl/α,β-unsaturated/α-hetero) is 1. The summed E-state index contributed by atoms with van der Waals surface area (Å²) in [6, 6.07) is 12.1. The highest BCUT2D eigenvalue weighted by Gasteiger charge is 2.30. The van der Waals surface area contributed by atoms with Crippen molar-refractivity contribution in [1.29, 1.82) is 5.26 Å². The van der Waals surface area contributed by atoms with Gasteiger partial charge in [-0.25, -0.2) is 0 Å². The van der Waals surface area contributed by atoms with Crippen LogP contribution >= 0.6 is 0 Å². The molecule has 0 fully saturated rings. The normalized spacial score (nSPS) is 10.8. The molecule has 0 saturated carbocycles. The third-order valence-electron chi connectivity index (χ3n) is 2.79. The lowest BCUT2D eigenvalue weighted by Crippen LogP contribution is -2.04. The van der Waals surface area contributed by atoms with Crippen molar-refractivity contribution in [2.75, 3.05) is 0 Å². The first-order valence-electron chi connectivity index (χ1n) is 6.25. The number of alkyl halides is 3. The first kappa shape index (κ1) is 15.6. The molecule has 0 unspecified atom stereocenters. The van der Waals surface area contributed by atoms with Gasteiger partial charge < -0.3 is 4.74 Å². The van der Waals surface area contributed by atoms with Gasteiger partial charge >= 0.3 is 6.18 Å². The second-order valence-corrected chi connectivity index (χ2v) is 4.41. The maximum absolute atomic E-state index is 12.6. The first-order valence-corrected chi connectivity index (χ1v) is 6.25. The van der Waals surface area contributed by atoms with E-state index in [1.807, 2.05) is 0 Å². The van der Waals surface area contributed by atoms with Gasteiger partial charge in [-0.05, 0) is 30.3 Å². The number of nitriles is 1. The summed E-state index contributed by atoms with van der Waals surface area (Å²) in [5, 5.41) is 8.50. The minimum atomic E-state index is -4.45. The molecule has 0 saturated heterocycles. The molecule has 0 atom stereocenters. The van der Waals surface area contributed by atoms with Crippen LogP contribution in [0.4, 0.5) is 13.2 Å². The van der Waals surface area contributed by atoms with Crippen molar-refractivity contribution in [1.82, 2.24) is 0 Å². The third-order valence-corrected chi connectivity index (χ3v) is 2.79. The standard InChI is InChI=1S/C16H10F3NO2/c17-16(18,19)12-4-2-6-14(10-12)22-13-5-1-3-11(9-13)15(21)7-8-20/h1-6,9-10H,7H2. The number of ketones is 1. The van der Waals surface area contributed by atoms with Crippen LogP contribution < -0.4 is 4.74 Å². The van der Waals surface area contributed by atoms with Crippen molar-refractivity contribution in [3.05, 3.63) is 59.7 Å². The highest BCUT2D eigenvalue weighted by atomic mass is 19.4. The lowest BCUT2D eigenvalue weighted by Gasteiger charge is -2.10. The average Bonchev–Trinajstić information content (AvgIpc) is 2.47. The predicted octanol–water partition coefficient (Wildman–Crippen LogP) is 4.59. The molecule has 112 valence electrons. The monoisotopic (exact) mass is 305 g/mol. The maximum Gasteiger partial charge on any atom is 0.416 e. The van der Waals surface area contributed by atoms with Gasteiger partial charge in [-0.15, -0.1) is 0 Å². The summed E-state index contributed by atoms with van der Waals surface area (Å²) in [7, 11) is 0. The fourth-order valence-corrected chi connectivity index (χ4v) is 1.78. The highest BCUT2D eigenvalue weighted by Crippen LogP contribution is 2.32. The molecule has 3 nitrogen and oxygen atoms in total. The van der Waals surface area contributed by atoms with Crippen LogP contribution in [-0.4, -0.2) is 5.78 Å². The van der Waals surface area contributed by atoms with Crippen LogP contribution in [0.1, 0.15) is 22.3 Å². The molecule has 2 aromatic rings. The van der Waals surface area contributed by atoms with Crippen LogP contribution in [0, 0.1) is 11.3 Å². The summed E-state index contributed by atoms with van der Waals surface area (Å²) in [4.78, 5) is 11.6. The van der Waals surface area contributed by atoms with Crippen LogP contribution in [0.15, 0.2) is 48.5 Å². The molecule has 0 aromatic heterocycles. The molecule has 0 radical (unpaired) electrons. The Morgan fingerprint density at radius 1 is 1.09 bits per heavy atom.